The van der Waals surface area contributed by atoms with Crippen molar-refractivity contribution in [2.24, 2.45) is 0 Å². The summed E-state index contributed by atoms with van der Waals surface area (Å²) in [6.07, 6.45) is 0.992. The fourth-order valence-corrected chi connectivity index (χ4v) is 2.22. The Hall–Kier alpha value is -4.01. The van der Waals surface area contributed by atoms with Crippen LogP contribution in [0.3, 0.4) is 0 Å². The first-order valence-corrected chi connectivity index (χ1v) is 8.19. The lowest BCUT2D eigenvalue weighted by molar-refractivity contribution is -0.384. The fourth-order valence-electron chi connectivity index (χ4n) is 2.22. The van der Waals surface area contributed by atoms with Crippen LogP contribution in [0.1, 0.15) is 22.3 Å². The molecular formula is C19H17N3O6. The Morgan fingerprint density at radius 3 is 2.43 bits per heavy atom. The van der Waals surface area contributed by atoms with Crippen molar-refractivity contribution < 1.29 is 24.4 Å². The first-order valence-electron chi connectivity index (χ1n) is 8.19. The van der Waals surface area contributed by atoms with Crippen molar-refractivity contribution in [1.29, 1.82) is 0 Å². The van der Waals surface area contributed by atoms with Crippen molar-refractivity contribution in [3.63, 3.8) is 0 Å². The number of carbonyl (C=O) groups is 3. The Morgan fingerprint density at radius 2 is 1.79 bits per heavy atom. The number of hydrogen-bond donors (Lipinski definition) is 3. The van der Waals surface area contributed by atoms with Crippen LogP contribution in [0.15, 0.2) is 60.3 Å². The minimum Gasteiger partial charge on any atom is -0.481 e. The minimum atomic E-state index is -1.09. The van der Waals surface area contributed by atoms with E-state index in [0.29, 0.717) is 11.1 Å². The fraction of sp³-hybridized carbons (Fsp3) is 0.105. The lowest BCUT2D eigenvalue weighted by atomic mass is 10.1. The first kappa shape index (κ1) is 20.3. The van der Waals surface area contributed by atoms with Crippen molar-refractivity contribution >= 4 is 29.5 Å². The highest BCUT2D eigenvalue weighted by Crippen LogP contribution is 2.15. The third kappa shape index (κ3) is 6.06. The highest BCUT2D eigenvalue weighted by molar-refractivity contribution is 6.05. The molecule has 3 N–H and O–H groups in total. The second-order valence-electron chi connectivity index (χ2n) is 5.63. The van der Waals surface area contributed by atoms with Crippen molar-refractivity contribution in [3.8, 4) is 0 Å². The minimum absolute atomic E-state index is 0.137. The van der Waals surface area contributed by atoms with E-state index in [4.69, 9.17) is 5.11 Å². The summed E-state index contributed by atoms with van der Waals surface area (Å²) < 4.78 is 0. The number of non-ortho nitro benzene ring substituents is 1. The van der Waals surface area contributed by atoms with Gasteiger partial charge in [-0.15, -0.1) is 0 Å². The summed E-state index contributed by atoms with van der Waals surface area (Å²) in [5, 5.41) is 24.5. The molecule has 2 amide bonds. The predicted octanol–water partition coefficient (Wildman–Crippen LogP) is 1.96. The van der Waals surface area contributed by atoms with Gasteiger partial charge in [0.2, 0.25) is 0 Å². The first-order chi connectivity index (χ1) is 13.4. The van der Waals surface area contributed by atoms with Crippen molar-refractivity contribution in [3.05, 3.63) is 81.5 Å². The van der Waals surface area contributed by atoms with E-state index in [1.807, 2.05) is 0 Å². The zero-order valence-electron chi connectivity index (χ0n) is 14.6. The SMILES string of the molecule is O=C(O)CCNC(=O)C(=Cc1cccc([N+](=O)[O-])c1)NC(=O)c1ccccc1. The van der Waals surface area contributed by atoms with Crippen LogP contribution in [0, 0.1) is 10.1 Å². The molecule has 28 heavy (non-hydrogen) atoms. The number of rotatable bonds is 8. The predicted molar refractivity (Wildman–Crippen MR) is 100 cm³/mol. The van der Waals surface area contributed by atoms with Crippen molar-refractivity contribution in [2.75, 3.05) is 6.54 Å². The molecule has 0 fully saturated rings. The Kier molecular flexibility index (Phi) is 6.98. The molecule has 0 saturated heterocycles. The summed E-state index contributed by atoms with van der Waals surface area (Å²) in [5.41, 5.74) is 0.297. The quantitative estimate of drug-likeness (QED) is 0.362. The summed E-state index contributed by atoms with van der Waals surface area (Å²) in [4.78, 5) is 45.7. The zero-order valence-corrected chi connectivity index (χ0v) is 14.6. The van der Waals surface area contributed by atoms with E-state index in [-0.39, 0.29) is 24.4 Å². The molecule has 2 aromatic rings. The summed E-state index contributed by atoms with van der Waals surface area (Å²) in [7, 11) is 0. The van der Waals surface area contributed by atoms with Gasteiger partial charge in [-0.2, -0.15) is 0 Å². The molecule has 0 bridgehead atoms. The number of hydrogen-bond acceptors (Lipinski definition) is 5. The number of carbonyl (C=O) groups excluding carboxylic acids is 2. The van der Waals surface area contributed by atoms with Crippen LogP contribution in [-0.4, -0.2) is 34.4 Å². The molecule has 0 aliphatic rings. The number of amides is 2. The van der Waals surface area contributed by atoms with Gasteiger partial charge < -0.3 is 15.7 Å². The summed E-state index contributed by atoms with van der Waals surface area (Å²) in [6.45, 7) is -0.137. The smallest absolute Gasteiger partial charge is 0.305 e. The maximum absolute atomic E-state index is 12.4. The highest BCUT2D eigenvalue weighted by Gasteiger charge is 2.15. The molecule has 2 rings (SSSR count). The monoisotopic (exact) mass is 383 g/mol. The van der Waals surface area contributed by atoms with Crippen LogP contribution in [0.25, 0.3) is 6.08 Å². The maximum atomic E-state index is 12.4. The van der Waals surface area contributed by atoms with E-state index >= 15 is 0 Å². The van der Waals surface area contributed by atoms with Gasteiger partial charge in [0.25, 0.3) is 17.5 Å². The van der Waals surface area contributed by atoms with Gasteiger partial charge in [0.1, 0.15) is 5.70 Å². The summed E-state index contributed by atoms with van der Waals surface area (Å²) >= 11 is 0. The molecule has 0 saturated carbocycles. The van der Waals surface area contributed by atoms with Crippen LogP contribution in [0.2, 0.25) is 0 Å². The van der Waals surface area contributed by atoms with Gasteiger partial charge in [-0.25, -0.2) is 0 Å². The largest absolute Gasteiger partial charge is 0.481 e. The standard InChI is InChI=1S/C19H17N3O6/c23-17(24)9-10-20-19(26)16(21-18(25)14-6-2-1-3-7-14)12-13-5-4-8-15(11-13)22(27)28/h1-8,11-12H,9-10H2,(H,20,26)(H,21,25)(H,23,24). The van der Waals surface area contributed by atoms with Crippen LogP contribution in [0.5, 0.6) is 0 Å². The number of carboxylic acid groups (broad SMARTS) is 1. The van der Waals surface area contributed by atoms with Crippen LogP contribution >= 0.6 is 0 Å². The third-order valence-electron chi connectivity index (χ3n) is 3.55. The van der Waals surface area contributed by atoms with E-state index in [9.17, 15) is 24.5 Å². The topological polar surface area (TPSA) is 139 Å². The lowest BCUT2D eigenvalue weighted by Crippen LogP contribution is -2.35. The molecular weight excluding hydrogens is 366 g/mol. The Labute approximate surface area is 159 Å². The third-order valence-corrected chi connectivity index (χ3v) is 3.55. The number of nitro benzene ring substituents is 1. The number of carboxylic acids is 1. The molecule has 0 unspecified atom stereocenters. The molecule has 0 aliphatic heterocycles. The Bertz CT molecular complexity index is 924. The van der Waals surface area contributed by atoms with Gasteiger partial charge in [-0.05, 0) is 23.8 Å². The van der Waals surface area contributed by atoms with Gasteiger partial charge in [-0.3, -0.25) is 24.5 Å². The van der Waals surface area contributed by atoms with E-state index in [2.05, 4.69) is 10.6 Å². The van der Waals surface area contributed by atoms with Gasteiger partial charge in [-0.1, -0.05) is 30.3 Å². The molecule has 0 spiro atoms. The summed E-state index contributed by atoms with van der Waals surface area (Å²) in [5.74, 6) is -2.35. The van der Waals surface area contributed by atoms with Gasteiger partial charge in [0, 0.05) is 24.2 Å². The molecule has 0 aromatic heterocycles. The number of benzene rings is 2. The second-order valence-corrected chi connectivity index (χ2v) is 5.63. The van der Waals surface area contributed by atoms with Crippen LogP contribution in [0.4, 0.5) is 5.69 Å². The van der Waals surface area contributed by atoms with Gasteiger partial charge in [0.15, 0.2) is 0 Å². The normalized spacial score (nSPS) is 10.8. The lowest BCUT2D eigenvalue weighted by Gasteiger charge is -2.11. The Morgan fingerprint density at radius 1 is 1.07 bits per heavy atom. The van der Waals surface area contributed by atoms with E-state index in [1.54, 1.807) is 30.3 Å². The average Bonchev–Trinajstić information content (AvgIpc) is 2.68. The number of nitrogens with zero attached hydrogens (tertiary/aromatic N) is 1. The van der Waals surface area contributed by atoms with Crippen molar-refractivity contribution in [2.45, 2.75) is 6.42 Å². The second kappa shape index (κ2) is 9.62. The highest BCUT2D eigenvalue weighted by atomic mass is 16.6. The molecule has 0 heterocycles. The van der Waals surface area contributed by atoms with E-state index < -0.39 is 22.7 Å². The van der Waals surface area contributed by atoms with Crippen LogP contribution < -0.4 is 10.6 Å². The zero-order chi connectivity index (χ0) is 20.5. The molecule has 0 radical (unpaired) electrons. The average molecular weight is 383 g/mol. The summed E-state index contributed by atoms with van der Waals surface area (Å²) in [6, 6.07) is 13.7. The van der Waals surface area contributed by atoms with Crippen molar-refractivity contribution in [1.82, 2.24) is 10.6 Å². The number of nitrogens with one attached hydrogen (secondary N) is 2. The molecule has 9 nitrogen and oxygen atoms in total. The van der Waals surface area contributed by atoms with E-state index in [1.165, 1.54) is 30.3 Å². The molecule has 0 aliphatic carbocycles. The number of aliphatic carboxylic acids is 1. The van der Waals surface area contributed by atoms with E-state index in [0.717, 1.165) is 0 Å². The number of nitro groups is 1. The van der Waals surface area contributed by atoms with Crippen LogP contribution in [-0.2, 0) is 9.59 Å². The molecule has 144 valence electrons. The van der Waals surface area contributed by atoms with Gasteiger partial charge in [0.05, 0.1) is 11.3 Å². The maximum Gasteiger partial charge on any atom is 0.305 e. The van der Waals surface area contributed by atoms with Gasteiger partial charge >= 0.3 is 5.97 Å². The molecule has 9 heteroatoms. The molecule has 0 atom stereocenters. The Balaban J connectivity index is 2.28. The molecule has 2 aromatic carbocycles.